The Bertz CT molecular complexity index is 1970. The van der Waals surface area contributed by atoms with Crippen molar-refractivity contribution in [2.24, 2.45) is 10.9 Å². The molecule has 0 spiro atoms. The molecule has 3 atom stereocenters. The lowest BCUT2D eigenvalue weighted by Gasteiger charge is -2.20. The molecule has 1 saturated carbocycles. The van der Waals surface area contributed by atoms with Gasteiger partial charge in [-0.1, -0.05) is 39.6 Å². The third kappa shape index (κ3) is 3.50. The van der Waals surface area contributed by atoms with Crippen molar-refractivity contribution < 1.29 is 4.52 Å². The zero-order chi connectivity index (χ0) is 26.4. The molecule has 5 heterocycles. The summed E-state index contributed by atoms with van der Waals surface area (Å²) in [5, 5.41) is 13.5. The number of halogens is 2. The van der Waals surface area contributed by atoms with E-state index in [2.05, 4.69) is 21.5 Å². The Labute approximate surface area is 231 Å². The Balaban J connectivity index is 1.14. The number of fused-ring (bicyclic) bond motifs is 4. The van der Waals surface area contributed by atoms with Crippen LogP contribution in [0.3, 0.4) is 0 Å². The molecular weight excluding hydrogens is 537 g/mol. The van der Waals surface area contributed by atoms with Gasteiger partial charge in [0.05, 0.1) is 23.3 Å². The van der Waals surface area contributed by atoms with E-state index in [9.17, 15) is 4.79 Å². The molecular formula is C28H19Cl2N7O2. The summed E-state index contributed by atoms with van der Waals surface area (Å²) in [6.45, 7) is 0. The van der Waals surface area contributed by atoms with Crippen LogP contribution in [0.4, 0.5) is 5.82 Å². The second-order valence-electron chi connectivity index (χ2n) is 10.2. The molecule has 1 aliphatic carbocycles. The number of aliphatic imine (C=N–C) groups is 1. The Hall–Kier alpha value is -4.21. The molecule has 39 heavy (non-hydrogen) atoms. The van der Waals surface area contributed by atoms with E-state index < -0.39 is 0 Å². The van der Waals surface area contributed by atoms with Gasteiger partial charge >= 0.3 is 0 Å². The van der Waals surface area contributed by atoms with E-state index >= 15 is 0 Å². The third-order valence-electron chi connectivity index (χ3n) is 7.95. The van der Waals surface area contributed by atoms with Crippen molar-refractivity contribution in [3.63, 3.8) is 0 Å². The maximum atomic E-state index is 13.6. The van der Waals surface area contributed by atoms with Crippen LogP contribution in [0, 0.1) is 5.92 Å². The number of anilines is 1. The first-order valence-corrected chi connectivity index (χ1v) is 13.3. The molecule has 192 valence electrons. The Morgan fingerprint density at radius 3 is 2.79 bits per heavy atom. The highest BCUT2D eigenvalue weighted by molar-refractivity contribution is 6.31. The number of hydrogen-bond acceptors (Lipinski definition) is 7. The van der Waals surface area contributed by atoms with Crippen LogP contribution in [0.5, 0.6) is 0 Å². The van der Waals surface area contributed by atoms with Crippen molar-refractivity contribution in [1.29, 1.82) is 0 Å². The van der Waals surface area contributed by atoms with Crippen LogP contribution in [0.15, 0.2) is 75.2 Å². The Kier molecular flexibility index (Phi) is 4.75. The van der Waals surface area contributed by atoms with E-state index in [1.807, 2.05) is 41.1 Å². The second-order valence-corrected chi connectivity index (χ2v) is 11.0. The quantitative estimate of drug-likeness (QED) is 0.305. The summed E-state index contributed by atoms with van der Waals surface area (Å²) >= 11 is 12.4. The SMILES string of the molecule is Nc1noc2cc(C3=CN=C([C@@H]4[C@H]5C[C@H]5c5cc(-c6cc(Cl)ccc6-n6cc(Cl)nn6)cc(=O)n54)C3)ccc12. The molecule has 2 aromatic carbocycles. The molecule has 8 rings (SSSR count). The molecule has 3 aromatic heterocycles. The van der Waals surface area contributed by atoms with Crippen LogP contribution in [0.2, 0.25) is 10.2 Å². The summed E-state index contributed by atoms with van der Waals surface area (Å²) in [7, 11) is 0. The van der Waals surface area contributed by atoms with Gasteiger partial charge in [-0.05, 0) is 65.4 Å². The minimum Gasteiger partial charge on any atom is -0.380 e. The van der Waals surface area contributed by atoms with Crippen molar-refractivity contribution in [3.8, 4) is 16.8 Å². The first-order valence-electron chi connectivity index (χ1n) is 12.5. The van der Waals surface area contributed by atoms with Crippen molar-refractivity contribution in [2.75, 3.05) is 5.73 Å². The number of pyridine rings is 1. The highest BCUT2D eigenvalue weighted by atomic mass is 35.5. The van der Waals surface area contributed by atoms with Crippen molar-refractivity contribution >= 4 is 51.3 Å². The van der Waals surface area contributed by atoms with Crippen LogP contribution in [-0.2, 0) is 0 Å². The minimum atomic E-state index is -0.0584. The molecule has 0 bridgehead atoms. The van der Waals surface area contributed by atoms with Gasteiger partial charge in [0.2, 0.25) is 0 Å². The monoisotopic (exact) mass is 555 g/mol. The topological polar surface area (TPSA) is 117 Å². The minimum absolute atomic E-state index is 0.0575. The Morgan fingerprint density at radius 2 is 1.95 bits per heavy atom. The molecule has 0 saturated heterocycles. The van der Waals surface area contributed by atoms with Crippen LogP contribution in [-0.4, -0.2) is 30.4 Å². The van der Waals surface area contributed by atoms with Gasteiger partial charge in [-0.3, -0.25) is 9.79 Å². The molecule has 1 fully saturated rings. The van der Waals surface area contributed by atoms with E-state index in [4.69, 9.17) is 38.5 Å². The fraction of sp³-hybridized carbons (Fsp3) is 0.179. The van der Waals surface area contributed by atoms with Crippen molar-refractivity contribution in [3.05, 3.63) is 92.7 Å². The van der Waals surface area contributed by atoms with Gasteiger partial charge in [-0.25, -0.2) is 4.68 Å². The molecule has 2 aliphatic heterocycles. The summed E-state index contributed by atoms with van der Waals surface area (Å²) in [5.41, 5.74) is 12.9. The van der Waals surface area contributed by atoms with E-state index in [0.717, 1.165) is 51.2 Å². The van der Waals surface area contributed by atoms with Gasteiger partial charge in [0.1, 0.15) is 0 Å². The summed E-state index contributed by atoms with van der Waals surface area (Å²) < 4.78 is 8.86. The molecule has 9 nitrogen and oxygen atoms in total. The number of aromatic nitrogens is 5. The van der Waals surface area contributed by atoms with E-state index in [1.54, 1.807) is 23.0 Å². The van der Waals surface area contributed by atoms with Crippen LogP contribution in [0.25, 0.3) is 33.4 Å². The maximum Gasteiger partial charge on any atom is 0.251 e. The lowest BCUT2D eigenvalue weighted by Crippen LogP contribution is -2.29. The number of nitrogen functional groups attached to an aromatic ring is 1. The number of benzene rings is 2. The number of rotatable bonds is 4. The van der Waals surface area contributed by atoms with Gasteiger partial charge < -0.3 is 14.8 Å². The second kappa shape index (κ2) is 8.14. The molecule has 0 amide bonds. The first-order chi connectivity index (χ1) is 18.9. The molecule has 11 heteroatoms. The number of allylic oxidation sites excluding steroid dienone is 1. The molecule has 5 aromatic rings. The zero-order valence-corrected chi connectivity index (χ0v) is 21.8. The fourth-order valence-electron chi connectivity index (χ4n) is 6.09. The number of nitrogens with two attached hydrogens (primary N) is 1. The lowest BCUT2D eigenvalue weighted by atomic mass is 9.97. The van der Waals surface area contributed by atoms with Crippen molar-refractivity contribution in [2.45, 2.75) is 24.8 Å². The standard InChI is InChI=1S/C28H19Cl2N7O2/c29-16-2-4-22(36-12-25(30)33-35-36)18(9-16)14-6-23-19-10-20(19)27(37(23)26(38)8-14)21-5-15(11-32-21)13-1-3-17-24(7-13)39-34-28(17)31/h1-4,6-9,11-12,19-20,27H,5,10H2,(H2,31,34)/t19-,20+,27+/m1/s1. The smallest absolute Gasteiger partial charge is 0.251 e. The lowest BCUT2D eigenvalue weighted by molar-refractivity contribution is 0.460. The van der Waals surface area contributed by atoms with Crippen molar-refractivity contribution in [1.82, 2.24) is 24.7 Å². The van der Waals surface area contributed by atoms with Gasteiger partial charge in [0, 0.05) is 46.6 Å². The summed E-state index contributed by atoms with van der Waals surface area (Å²) in [5.74, 6) is 1.07. The molecule has 2 N–H and O–H groups in total. The zero-order valence-electron chi connectivity index (χ0n) is 20.3. The highest BCUT2D eigenvalue weighted by Crippen LogP contribution is 2.60. The molecule has 3 aliphatic rings. The number of nitrogens with zero attached hydrogens (tertiary/aromatic N) is 6. The highest BCUT2D eigenvalue weighted by Gasteiger charge is 2.54. The van der Waals surface area contributed by atoms with Gasteiger partial charge in [0.15, 0.2) is 16.6 Å². The largest absolute Gasteiger partial charge is 0.380 e. The van der Waals surface area contributed by atoms with E-state index in [0.29, 0.717) is 34.7 Å². The molecule has 0 radical (unpaired) electrons. The maximum absolute atomic E-state index is 13.6. The normalized spacial score (nSPS) is 21.1. The van der Waals surface area contributed by atoms with Crippen LogP contribution >= 0.6 is 23.2 Å². The van der Waals surface area contributed by atoms with Crippen LogP contribution < -0.4 is 11.3 Å². The summed E-state index contributed by atoms with van der Waals surface area (Å²) in [4.78, 5) is 18.4. The van der Waals surface area contributed by atoms with E-state index in [1.165, 1.54) is 0 Å². The fourth-order valence-corrected chi connectivity index (χ4v) is 6.39. The summed E-state index contributed by atoms with van der Waals surface area (Å²) in [6, 6.07) is 15.0. The molecule has 0 unspecified atom stereocenters. The third-order valence-corrected chi connectivity index (χ3v) is 8.36. The summed E-state index contributed by atoms with van der Waals surface area (Å²) in [6.07, 6.45) is 5.22. The van der Waals surface area contributed by atoms with Gasteiger partial charge in [-0.2, -0.15) is 0 Å². The Morgan fingerprint density at radius 1 is 1.05 bits per heavy atom. The van der Waals surface area contributed by atoms with E-state index in [-0.39, 0.29) is 16.8 Å². The predicted molar refractivity (Wildman–Crippen MR) is 149 cm³/mol. The first kappa shape index (κ1) is 22.7. The average molecular weight is 556 g/mol. The average Bonchev–Trinajstić information content (AvgIpc) is 3.28. The number of hydrogen-bond donors (Lipinski definition) is 1. The van der Waals surface area contributed by atoms with Crippen LogP contribution in [0.1, 0.15) is 36.1 Å². The van der Waals surface area contributed by atoms with Gasteiger partial charge in [-0.15, -0.1) is 5.10 Å². The predicted octanol–water partition coefficient (Wildman–Crippen LogP) is 5.67. The van der Waals surface area contributed by atoms with Gasteiger partial charge in [0.25, 0.3) is 5.56 Å².